The number of hydrogen-bond donors (Lipinski definition) is 2. The molecule has 1 aromatic rings. The first-order chi connectivity index (χ1) is 8.17. The molecule has 0 saturated heterocycles. The minimum atomic E-state index is -0.259. The van der Waals surface area contributed by atoms with Crippen LogP contribution in [0.2, 0.25) is 0 Å². The number of amides is 1. The lowest BCUT2D eigenvalue weighted by Gasteiger charge is -2.14. The molecule has 1 aliphatic rings. The quantitative estimate of drug-likeness (QED) is 0.790. The number of nitrogens with zero attached hydrogens (tertiary/aromatic N) is 1. The van der Waals surface area contributed by atoms with E-state index in [1.54, 1.807) is 0 Å². The highest BCUT2D eigenvalue weighted by Crippen LogP contribution is 2.48. The van der Waals surface area contributed by atoms with Crippen LogP contribution in [0.5, 0.6) is 5.75 Å². The Bertz CT molecular complexity index is 419. The average molecular weight is 255 g/mol. The van der Waals surface area contributed by atoms with Gasteiger partial charge in [-0.05, 0) is 30.7 Å². The summed E-state index contributed by atoms with van der Waals surface area (Å²) < 4.78 is 0. The molecule has 0 radical (unpaired) electrons. The number of nitrogens with one attached hydrogen (secondary N) is 1. The third-order valence-electron chi connectivity index (χ3n) is 3.25. The molecule has 1 amide bonds. The summed E-state index contributed by atoms with van der Waals surface area (Å²) in [5.41, 5.74) is 0.460. The van der Waals surface area contributed by atoms with E-state index < -0.39 is 0 Å². The molecule has 0 aliphatic heterocycles. The largest absolute Gasteiger partial charge is 0.505 e. The molecule has 0 unspecified atom stereocenters. The number of aromatic nitrogens is 1. The molecule has 1 heterocycles. The first kappa shape index (κ1) is 12.2. The number of halogens is 1. The summed E-state index contributed by atoms with van der Waals surface area (Å²) in [4.78, 5) is 15.5. The summed E-state index contributed by atoms with van der Waals surface area (Å²) in [5, 5.41) is 12.3. The lowest BCUT2D eigenvalue weighted by Crippen LogP contribution is -2.30. The molecule has 0 aromatic carbocycles. The van der Waals surface area contributed by atoms with Crippen LogP contribution in [0.25, 0.3) is 0 Å². The highest BCUT2D eigenvalue weighted by Gasteiger charge is 2.41. The number of aromatic hydroxyl groups is 1. The fourth-order valence-electron chi connectivity index (χ4n) is 1.83. The molecule has 4 nitrogen and oxygen atoms in total. The van der Waals surface area contributed by atoms with Crippen LogP contribution in [0.4, 0.5) is 0 Å². The minimum Gasteiger partial charge on any atom is -0.505 e. The van der Waals surface area contributed by atoms with E-state index in [9.17, 15) is 9.90 Å². The second-order valence-electron chi connectivity index (χ2n) is 4.51. The molecule has 2 rings (SSSR count). The Morgan fingerprint density at radius 1 is 1.59 bits per heavy atom. The second-order valence-corrected chi connectivity index (χ2v) is 4.89. The van der Waals surface area contributed by atoms with Crippen molar-refractivity contribution < 1.29 is 9.90 Å². The van der Waals surface area contributed by atoms with Gasteiger partial charge in [-0.25, -0.2) is 0 Å². The van der Waals surface area contributed by atoms with Crippen molar-refractivity contribution >= 4 is 17.5 Å². The third-order valence-corrected chi connectivity index (χ3v) is 3.44. The van der Waals surface area contributed by atoms with Crippen molar-refractivity contribution in [1.29, 1.82) is 0 Å². The molecule has 0 bridgehead atoms. The zero-order chi connectivity index (χ0) is 12.3. The normalized spacial score (nSPS) is 16.5. The van der Waals surface area contributed by atoms with Crippen LogP contribution >= 0.6 is 11.6 Å². The van der Waals surface area contributed by atoms with Crippen LogP contribution in [-0.2, 0) is 0 Å². The maximum Gasteiger partial charge on any atom is 0.255 e. The van der Waals surface area contributed by atoms with E-state index in [0.29, 0.717) is 12.4 Å². The fourth-order valence-corrected chi connectivity index (χ4v) is 2.23. The van der Waals surface area contributed by atoms with Gasteiger partial charge in [0.15, 0.2) is 0 Å². The van der Waals surface area contributed by atoms with Crippen LogP contribution in [0.3, 0.4) is 0 Å². The summed E-state index contributed by atoms with van der Waals surface area (Å²) >= 11 is 5.72. The van der Waals surface area contributed by atoms with Gasteiger partial charge < -0.3 is 10.4 Å². The average Bonchev–Trinajstić information content (AvgIpc) is 3.08. The number of carbonyl (C=O) groups excluding carboxylic acids is 1. The molecular weight excluding hydrogens is 240 g/mol. The number of pyridine rings is 1. The van der Waals surface area contributed by atoms with E-state index in [1.807, 2.05) is 0 Å². The van der Waals surface area contributed by atoms with Crippen LogP contribution in [0.1, 0.15) is 29.6 Å². The molecule has 5 heteroatoms. The predicted octanol–water partition coefficient (Wildman–Crippen LogP) is 1.93. The van der Waals surface area contributed by atoms with Crippen LogP contribution in [0.15, 0.2) is 18.5 Å². The Morgan fingerprint density at radius 3 is 2.94 bits per heavy atom. The molecule has 92 valence electrons. The highest BCUT2D eigenvalue weighted by molar-refractivity contribution is 6.17. The smallest absolute Gasteiger partial charge is 0.255 e. The van der Waals surface area contributed by atoms with Crippen molar-refractivity contribution in [2.24, 2.45) is 5.41 Å². The van der Waals surface area contributed by atoms with Gasteiger partial charge in [0.05, 0.1) is 11.8 Å². The Kier molecular flexibility index (Phi) is 3.52. The lowest BCUT2D eigenvalue weighted by molar-refractivity contribution is 0.0941. The van der Waals surface area contributed by atoms with Crippen molar-refractivity contribution in [3.8, 4) is 5.75 Å². The van der Waals surface area contributed by atoms with E-state index >= 15 is 0 Å². The van der Waals surface area contributed by atoms with Crippen molar-refractivity contribution in [2.75, 3.05) is 12.4 Å². The van der Waals surface area contributed by atoms with Crippen LogP contribution < -0.4 is 5.32 Å². The van der Waals surface area contributed by atoms with Crippen molar-refractivity contribution in [3.05, 3.63) is 24.0 Å². The Morgan fingerprint density at radius 2 is 2.35 bits per heavy atom. The Balaban J connectivity index is 1.92. The summed E-state index contributed by atoms with van der Waals surface area (Å²) in [7, 11) is 0. The van der Waals surface area contributed by atoms with Crippen molar-refractivity contribution in [3.63, 3.8) is 0 Å². The summed E-state index contributed by atoms with van der Waals surface area (Å²) in [6, 6.07) is 1.51. The molecule has 1 fully saturated rings. The molecule has 0 spiro atoms. The number of hydrogen-bond acceptors (Lipinski definition) is 3. The van der Waals surface area contributed by atoms with Crippen LogP contribution in [-0.4, -0.2) is 28.4 Å². The number of carbonyl (C=O) groups is 1. The van der Waals surface area contributed by atoms with Gasteiger partial charge >= 0.3 is 0 Å². The second kappa shape index (κ2) is 4.92. The topological polar surface area (TPSA) is 62.2 Å². The first-order valence-electron chi connectivity index (χ1n) is 5.64. The maximum atomic E-state index is 11.8. The first-order valence-corrected chi connectivity index (χ1v) is 6.17. The van der Waals surface area contributed by atoms with Crippen molar-refractivity contribution in [2.45, 2.75) is 19.3 Å². The zero-order valence-corrected chi connectivity index (χ0v) is 10.2. The van der Waals surface area contributed by atoms with Gasteiger partial charge in [-0.15, -0.1) is 11.6 Å². The van der Waals surface area contributed by atoms with Gasteiger partial charge in [-0.2, -0.15) is 0 Å². The highest BCUT2D eigenvalue weighted by atomic mass is 35.5. The van der Waals surface area contributed by atoms with E-state index in [0.717, 1.165) is 19.3 Å². The summed E-state index contributed by atoms with van der Waals surface area (Å²) in [6.45, 7) is 0.625. The van der Waals surface area contributed by atoms with E-state index in [4.69, 9.17) is 11.6 Å². The Hall–Kier alpha value is -1.29. The summed E-state index contributed by atoms with van der Waals surface area (Å²) in [6.07, 6.45) is 5.91. The number of alkyl halides is 1. The molecule has 1 aromatic heterocycles. The van der Waals surface area contributed by atoms with E-state index in [1.165, 1.54) is 18.5 Å². The van der Waals surface area contributed by atoms with Gasteiger partial charge in [0.2, 0.25) is 0 Å². The molecule has 17 heavy (non-hydrogen) atoms. The van der Waals surface area contributed by atoms with E-state index in [-0.39, 0.29) is 22.6 Å². The zero-order valence-electron chi connectivity index (χ0n) is 9.45. The van der Waals surface area contributed by atoms with E-state index in [2.05, 4.69) is 10.3 Å². The van der Waals surface area contributed by atoms with Gasteiger partial charge in [0.1, 0.15) is 5.75 Å². The monoisotopic (exact) mass is 254 g/mol. The molecule has 0 atom stereocenters. The molecule has 1 saturated carbocycles. The van der Waals surface area contributed by atoms with Crippen LogP contribution in [0, 0.1) is 5.41 Å². The minimum absolute atomic E-state index is 0.0906. The fraction of sp³-hybridized carbons (Fsp3) is 0.500. The predicted molar refractivity (Wildman–Crippen MR) is 65.2 cm³/mol. The third kappa shape index (κ3) is 2.88. The SMILES string of the molecule is O=C(NCC1(CCCl)CC1)c1ccncc1O. The molecule has 2 N–H and O–H groups in total. The molecule has 1 aliphatic carbocycles. The van der Waals surface area contributed by atoms with Gasteiger partial charge in [0, 0.05) is 18.6 Å². The van der Waals surface area contributed by atoms with Gasteiger partial charge in [-0.1, -0.05) is 0 Å². The Labute approximate surface area is 105 Å². The number of rotatable bonds is 5. The molecular formula is C12H15ClN2O2. The standard InChI is InChI=1S/C12H15ClN2O2/c13-5-4-12(2-3-12)8-15-11(17)9-1-6-14-7-10(9)16/h1,6-7,16H,2-5,8H2,(H,15,17). The van der Waals surface area contributed by atoms with Gasteiger partial charge in [-0.3, -0.25) is 9.78 Å². The summed E-state index contributed by atoms with van der Waals surface area (Å²) in [5.74, 6) is 0.272. The van der Waals surface area contributed by atoms with Gasteiger partial charge in [0.25, 0.3) is 5.91 Å². The van der Waals surface area contributed by atoms with Crippen molar-refractivity contribution in [1.82, 2.24) is 10.3 Å². The lowest BCUT2D eigenvalue weighted by atomic mass is 10.0. The maximum absolute atomic E-state index is 11.8.